The molecule has 1 fully saturated rings. The average Bonchev–Trinajstić information content (AvgIpc) is 3.16. The van der Waals surface area contributed by atoms with Gasteiger partial charge in [0, 0.05) is 12.7 Å². The molecule has 0 saturated carbocycles. The van der Waals surface area contributed by atoms with E-state index >= 15 is 0 Å². The third-order valence-corrected chi connectivity index (χ3v) is 3.94. The number of methoxy groups -OCH3 is 2. The normalized spacial score (nSPS) is 16.4. The Bertz CT molecular complexity index is 724. The zero-order valence-corrected chi connectivity index (χ0v) is 14.4. The van der Waals surface area contributed by atoms with E-state index in [1.54, 1.807) is 0 Å². The lowest BCUT2D eigenvalue weighted by Gasteiger charge is -2.13. The fourth-order valence-electron chi connectivity index (χ4n) is 2.52. The van der Waals surface area contributed by atoms with Gasteiger partial charge < -0.3 is 24.3 Å². The van der Waals surface area contributed by atoms with E-state index in [4.69, 9.17) is 18.9 Å². The smallest absolute Gasteiger partial charge is 0.223 e. The molecule has 1 saturated heterocycles. The summed E-state index contributed by atoms with van der Waals surface area (Å²) >= 11 is 0. The summed E-state index contributed by atoms with van der Waals surface area (Å²) in [7, 11) is 2.57. The number of anilines is 1. The molecule has 1 unspecified atom stereocenters. The Kier molecular flexibility index (Phi) is 5.67. The maximum absolute atomic E-state index is 14.3. The highest BCUT2D eigenvalue weighted by Gasteiger charge is 2.21. The number of rotatable bonds is 7. The molecule has 1 aliphatic heterocycles. The summed E-state index contributed by atoms with van der Waals surface area (Å²) < 4.78 is 49.0. The molecule has 2 heterocycles. The van der Waals surface area contributed by atoms with Crippen molar-refractivity contribution in [1.29, 1.82) is 0 Å². The van der Waals surface area contributed by atoms with Crippen molar-refractivity contribution in [2.75, 3.05) is 32.8 Å². The van der Waals surface area contributed by atoms with Gasteiger partial charge in [0.25, 0.3) is 0 Å². The average molecular weight is 367 g/mol. The lowest BCUT2D eigenvalue weighted by atomic mass is 10.1. The van der Waals surface area contributed by atoms with Crippen molar-refractivity contribution >= 4 is 5.95 Å². The Morgan fingerprint density at radius 2 is 1.81 bits per heavy atom. The summed E-state index contributed by atoms with van der Waals surface area (Å²) in [5, 5.41) is 3.13. The molecule has 26 heavy (non-hydrogen) atoms. The van der Waals surface area contributed by atoms with Gasteiger partial charge in [0.05, 0.1) is 44.8 Å². The number of halogens is 2. The molecule has 1 atom stereocenters. The number of nitrogens with one attached hydrogen (secondary N) is 1. The monoisotopic (exact) mass is 367 g/mol. The van der Waals surface area contributed by atoms with Gasteiger partial charge in [0.2, 0.25) is 5.95 Å². The third-order valence-electron chi connectivity index (χ3n) is 3.94. The van der Waals surface area contributed by atoms with E-state index in [0.717, 1.165) is 12.5 Å². The lowest BCUT2D eigenvalue weighted by molar-refractivity contribution is 0.195. The van der Waals surface area contributed by atoms with Crippen molar-refractivity contribution in [2.24, 2.45) is 0 Å². The topological polar surface area (TPSA) is 74.7 Å². The highest BCUT2D eigenvalue weighted by Crippen LogP contribution is 2.31. The molecule has 2 aromatic rings. The minimum absolute atomic E-state index is 0.128. The molecule has 0 aliphatic carbocycles. The first kappa shape index (κ1) is 18.1. The molecular weight excluding hydrogens is 348 g/mol. The molecule has 140 valence electrons. The molecular formula is C17H19F2N3O4. The Morgan fingerprint density at radius 3 is 2.35 bits per heavy atom. The van der Waals surface area contributed by atoms with Crippen molar-refractivity contribution in [1.82, 2.24) is 9.97 Å². The largest absolute Gasteiger partial charge is 0.494 e. The van der Waals surface area contributed by atoms with Crippen LogP contribution in [-0.2, 0) is 11.3 Å². The Balaban J connectivity index is 1.68. The van der Waals surface area contributed by atoms with Gasteiger partial charge in [-0.25, -0.2) is 18.7 Å². The number of ether oxygens (including phenoxy) is 4. The number of hydrogen-bond acceptors (Lipinski definition) is 7. The molecule has 1 aromatic carbocycles. The van der Waals surface area contributed by atoms with E-state index in [1.807, 2.05) is 0 Å². The van der Waals surface area contributed by atoms with Gasteiger partial charge in [-0.2, -0.15) is 0 Å². The molecule has 1 aliphatic rings. The van der Waals surface area contributed by atoms with Crippen LogP contribution in [0.4, 0.5) is 14.7 Å². The predicted molar refractivity (Wildman–Crippen MR) is 88.7 cm³/mol. The Labute approximate surface area is 149 Å². The summed E-state index contributed by atoms with van der Waals surface area (Å²) in [6.07, 6.45) is 3.74. The lowest BCUT2D eigenvalue weighted by Crippen LogP contribution is -2.20. The summed E-state index contributed by atoms with van der Waals surface area (Å²) in [4.78, 5) is 8.25. The van der Waals surface area contributed by atoms with Crippen molar-refractivity contribution < 1.29 is 27.7 Å². The van der Waals surface area contributed by atoms with Gasteiger partial charge >= 0.3 is 0 Å². The molecule has 0 radical (unpaired) electrons. The first-order chi connectivity index (χ1) is 12.6. The van der Waals surface area contributed by atoms with E-state index in [-0.39, 0.29) is 35.5 Å². The van der Waals surface area contributed by atoms with Crippen LogP contribution in [0.5, 0.6) is 17.2 Å². The van der Waals surface area contributed by atoms with Crippen LogP contribution in [0.1, 0.15) is 12.0 Å². The fourth-order valence-corrected chi connectivity index (χ4v) is 2.52. The first-order valence-corrected chi connectivity index (χ1v) is 8.00. The second-order valence-corrected chi connectivity index (χ2v) is 5.62. The number of benzene rings is 1. The fraction of sp³-hybridized carbons (Fsp3) is 0.412. The van der Waals surface area contributed by atoms with Gasteiger partial charge in [-0.05, 0) is 6.42 Å². The van der Waals surface area contributed by atoms with Crippen LogP contribution < -0.4 is 19.5 Å². The van der Waals surface area contributed by atoms with Crippen LogP contribution in [-0.4, -0.2) is 43.4 Å². The van der Waals surface area contributed by atoms with Gasteiger partial charge in [-0.15, -0.1) is 0 Å². The van der Waals surface area contributed by atoms with E-state index in [2.05, 4.69) is 15.3 Å². The second kappa shape index (κ2) is 8.13. The second-order valence-electron chi connectivity index (χ2n) is 5.62. The third kappa shape index (κ3) is 3.93. The first-order valence-electron chi connectivity index (χ1n) is 8.00. The van der Waals surface area contributed by atoms with Crippen LogP contribution in [0.3, 0.4) is 0 Å². The molecule has 0 spiro atoms. The summed E-state index contributed by atoms with van der Waals surface area (Å²) in [5.74, 6) is -1.22. The molecule has 3 rings (SSSR count). The van der Waals surface area contributed by atoms with E-state index in [1.165, 1.54) is 26.6 Å². The van der Waals surface area contributed by atoms with Gasteiger partial charge in [-0.1, -0.05) is 0 Å². The van der Waals surface area contributed by atoms with Gasteiger partial charge in [0.15, 0.2) is 28.9 Å². The standard InChI is InChI=1S/C17H19F2N3O4/c1-23-13-5-14(24-2)16(19)12(15(13)18)9-26-11-6-20-17(21-7-11)22-10-3-4-25-8-10/h5-7,10H,3-4,8-9H2,1-2H3,(H,20,21,22). The molecule has 9 heteroatoms. The minimum Gasteiger partial charge on any atom is -0.494 e. The van der Waals surface area contributed by atoms with Crippen LogP contribution in [0, 0.1) is 11.6 Å². The van der Waals surface area contributed by atoms with Gasteiger partial charge in [-0.3, -0.25) is 0 Å². The van der Waals surface area contributed by atoms with Crippen LogP contribution >= 0.6 is 0 Å². The van der Waals surface area contributed by atoms with Gasteiger partial charge in [0.1, 0.15) is 6.61 Å². The van der Waals surface area contributed by atoms with Crippen LogP contribution in [0.2, 0.25) is 0 Å². The Hall–Kier alpha value is -2.68. The molecule has 1 N–H and O–H groups in total. The number of hydrogen-bond donors (Lipinski definition) is 1. The molecule has 1 aromatic heterocycles. The Morgan fingerprint density at radius 1 is 1.15 bits per heavy atom. The summed E-state index contributed by atoms with van der Waals surface area (Å²) in [6.45, 7) is 0.954. The summed E-state index contributed by atoms with van der Waals surface area (Å²) in [6, 6.07) is 1.32. The number of nitrogens with zero attached hydrogens (tertiary/aromatic N) is 2. The maximum Gasteiger partial charge on any atom is 0.223 e. The van der Waals surface area contributed by atoms with Crippen LogP contribution in [0.25, 0.3) is 0 Å². The predicted octanol–water partition coefficient (Wildman–Crippen LogP) is 2.55. The zero-order valence-electron chi connectivity index (χ0n) is 14.4. The summed E-state index contributed by atoms with van der Waals surface area (Å²) in [5.41, 5.74) is -0.300. The number of aromatic nitrogens is 2. The minimum atomic E-state index is -0.841. The maximum atomic E-state index is 14.3. The molecule has 7 nitrogen and oxygen atoms in total. The van der Waals surface area contributed by atoms with Crippen molar-refractivity contribution in [3.8, 4) is 17.2 Å². The van der Waals surface area contributed by atoms with Crippen molar-refractivity contribution in [3.05, 3.63) is 35.7 Å². The molecule has 0 bridgehead atoms. The van der Waals surface area contributed by atoms with E-state index < -0.39 is 11.6 Å². The quantitative estimate of drug-likeness (QED) is 0.806. The van der Waals surface area contributed by atoms with Crippen molar-refractivity contribution in [3.63, 3.8) is 0 Å². The van der Waals surface area contributed by atoms with E-state index in [0.29, 0.717) is 19.2 Å². The highest BCUT2D eigenvalue weighted by atomic mass is 19.1. The zero-order chi connectivity index (χ0) is 18.5. The van der Waals surface area contributed by atoms with Crippen LogP contribution in [0.15, 0.2) is 18.5 Å². The highest BCUT2D eigenvalue weighted by molar-refractivity contribution is 5.41. The van der Waals surface area contributed by atoms with Crippen molar-refractivity contribution in [2.45, 2.75) is 19.1 Å². The van der Waals surface area contributed by atoms with E-state index in [9.17, 15) is 8.78 Å². The molecule has 0 amide bonds. The SMILES string of the molecule is COc1cc(OC)c(F)c(COc2cnc(NC3CCOC3)nc2)c1F.